The van der Waals surface area contributed by atoms with Gasteiger partial charge in [0.2, 0.25) is 0 Å². The average molecular weight is 397 g/mol. The van der Waals surface area contributed by atoms with Crippen LogP contribution in [-0.4, -0.2) is 57.9 Å². The number of ether oxygens (including phenoxy) is 2. The molecular weight excluding hydrogens is 364 g/mol. The van der Waals surface area contributed by atoms with Crippen molar-refractivity contribution >= 4 is 5.96 Å². The van der Waals surface area contributed by atoms with Gasteiger partial charge in [-0.2, -0.15) is 0 Å². The molecule has 0 spiro atoms. The van der Waals surface area contributed by atoms with E-state index in [1.165, 1.54) is 11.1 Å². The SMILES string of the molecule is CN=C(NCc1cccc(OC)c1)NCC(c1cccc(C)c1)N1CCOCC1. The molecule has 0 saturated carbocycles. The Balaban J connectivity index is 1.63. The standard InChI is InChI=1S/C23H32N4O2/c1-18-6-4-8-20(14-18)22(27-10-12-29-13-11-27)17-26-23(24-2)25-16-19-7-5-9-21(15-19)28-3/h4-9,14-15,22H,10-13,16-17H2,1-3H3,(H2,24,25,26). The van der Waals surface area contributed by atoms with Gasteiger partial charge in [-0.15, -0.1) is 0 Å². The van der Waals surface area contributed by atoms with Gasteiger partial charge in [0.25, 0.3) is 0 Å². The second-order valence-corrected chi connectivity index (χ2v) is 7.24. The molecule has 1 atom stereocenters. The second-order valence-electron chi connectivity index (χ2n) is 7.24. The van der Waals surface area contributed by atoms with E-state index in [1.807, 2.05) is 18.2 Å². The van der Waals surface area contributed by atoms with E-state index in [4.69, 9.17) is 9.47 Å². The zero-order chi connectivity index (χ0) is 20.5. The molecule has 29 heavy (non-hydrogen) atoms. The Labute approximate surface area is 173 Å². The largest absolute Gasteiger partial charge is 0.497 e. The van der Waals surface area contributed by atoms with Crippen molar-refractivity contribution in [3.8, 4) is 5.75 Å². The minimum Gasteiger partial charge on any atom is -0.497 e. The number of nitrogens with zero attached hydrogens (tertiary/aromatic N) is 2. The highest BCUT2D eigenvalue weighted by molar-refractivity contribution is 5.79. The van der Waals surface area contributed by atoms with E-state index in [0.717, 1.165) is 50.1 Å². The number of morpholine rings is 1. The highest BCUT2D eigenvalue weighted by atomic mass is 16.5. The van der Waals surface area contributed by atoms with Gasteiger partial charge in [-0.3, -0.25) is 9.89 Å². The van der Waals surface area contributed by atoms with Gasteiger partial charge >= 0.3 is 0 Å². The molecule has 1 saturated heterocycles. The van der Waals surface area contributed by atoms with Crippen molar-refractivity contribution in [1.29, 1.82) is 0 Å². The number of aliphatic imine (C=N–C) groups is 1. The van der Waals surface area contributed by atoms with Crippen LogP contribution in [0.15, 0.2) is 53.5 Å². The van der Waals surface area contributed by atoms with Crippen LogP contribution >= 0.6 is 0 Å². The van der Waals surface area contributed by atoms with Crippen molar-refractivity contribution in [2.75, 3.05) is 47.0 Å². The molecule has 2 N–H and O–H groups in total. The third-order valence-electron chi connectivity index (χ3n) is 5.19. The molecule has 1 aliphatic rings. The summed E-state index contributed by atoms with van der Waals surface area (Å²) in [5, 5.41) is 6.91. The molecule has 0 radical (unpaired) electrons. The molecule has 0 bridgehead atoms. The molecule has 0 amide bonds. The maximum Gasteiger partial charge on any atom is 0.191 e. The summed E-state index contributed by atoms with van der Waals surface area (Å²) in [5.41, 5.74) is 3.75. The van der Waals surface area contributed by atoms with Crippen molar-refractivity contribution in [3.63, 3.8) is 0 Å². The number of hydrogen-bond donors (Lipinski definition) is 2. The van der Waals surface area contributed by atoms with E-state index < -0.39 is 0 Å². The molecule has 6 heteroatoms. The van der Waals surface area contributed by atoms with Crippen LogP contribution in [0.2, 0.25) is 0 Å². The maximum absolute atomic E-state index is 5.55. The Bertz CT molecular complexity index is 803. The number of methoxy groups -OCH3 is 1. The lowest BCUT2D eigenvalue weighted by Gasteiger charge is -2.35. The molecule has 2 aromatic rings. The fourth-order valence-corrected chi connectivity index (χ4v) is 3.61. The van der Waals surface area contributed by atoms with Crippen LogP contribution in [0.5, 0.6) is 5.75 Å². The summed E-state index contributed by atoms with van der Waals surface area (Å²) < 4.78 is 10.9. The van der Waals surface area contributed by atoms with Crippen molar-refractivity contribution in [1.82, 2.24) is 15.5 Å². The molecule has 0 aliphatic carbocycles. The van der Waals surface area contributed by atoms with Gasteiger partial charge in [-0.25, -0.2) is 0 Å². The minimum absolute atomic E-state index is 0.272. The van der Waals surface area contributed by atoms with Crippen molar-refractivity contribution in [2.24, 2.45) is 4.99 Å². The molecule has 2 aromatic carbocycles. The molecule has 1 unspecified atom stereocenters. The number of nitrogens with one attached hydrogen (secondary N) is 2. The Hall–Kier alpha value is -2.57. The van der Waals surface area contributed by atoms with Gasteiger partial charge in [-0.1, -0.05) is 42.0 Å². The third kappa shape index (κ3) is 6.21. The molecule has 1 heterocycles. The first-order valence-electron chi connectivity index (χ1n) is 10.2. The van der Waals surface area contributed by atoms with Gasteiger partial charge in [-0.05, 0) is 30.2 Å². The van der Waals surface area contributed by atoms with Crippen LogP contribution in [0.4, 0.5) is 0 Å². The number of hydrogen-bond acceptors (Lipinski definition) is 4. The lowest BCUT2D eigenvalue weighted by Crippen LogP contribution is -2.46. The summed E-state index contributed by atoms with van der Waals surface area (Å²) in [6.07, 6.45) is 0. The van der Waals surface area contributed by atoms with Gasteiger partial charge < -0.3 is 20.1 Å². The smallest absolute Gasteiger partial charge is 0.191 e. The number of guanidine groups is 1. The first-order valence-corrected chi connectivity index (χ1v) is 10.2. The second kappa shape index (κ2) is 10.8. The summed E-state index contributed by atoms with van der Waals surface area (Å²) in [6.45, 7) is 7.05. The zero-order valence-electron chi connectivity index (χ0n) is 17.6. The minimum atomic E-state index is 0.272. The summed E-state index contributed by atoms with van der Waals surface area (Å²) in [7, 11) is 3.49. The molecule has 3 rings (SSSR count). The Morgan fingerprint density at radius 2 is 1.93 bits per heavy atom. The number of aryl methyl sites for hydroxylation is 1. The highest BCUT2D eigenvalue weighted by Gasteiger charge is 2.23. The normalized spacial score (nSPS) is 16.3. The van der Waals surface area contributed by atoms with E-state index in [-0.39, 0.29) is 6.04 Å². The third-order valence-corrected chi connectivity index (χ3v) is 5.19. The van der Waals surface area contributed by atoms with Crippen LogP contribution in [0.3, 0.4) is 0 Å². The molecular formula is C23H32N4O2. The maximum atomic E-state index is 5.55. The van der Waals surface area contributed by atoms with Gasteiger partial charge in [0.05, 0.1) is 26.4 Å². The predicted molar refractivity (Wildman–Crippen MR) is 118 cm³/mol. The van der Waals surface area contributed by atoms with E-state index in [0.29, 0.717) is 6.54 Å². The first kappa shape index (κ1) is 21.1. The van der Waals surface area contributed by atoms with Gasteiger partial charge in [0, 0.05) is 33.2 Å². The van der Waals surface area contributed by atoms with Crippen LogP contribution in [0.25, 0.3) is 0 Å². The fraction of sp³-hybridized carbons (Fsp3) is 0.435. The lowest BCUT2D eigenvalue weighted by atomic mass is 10.0. The predicted octanol–water partition coefficient (Wildman–Crippen LogP) is 2.74. The zero-order valence-corrected chi connectivity index (χ0v) is 17.6. The Kier molecular flexibility index (Phi) is 7.90. The number of benzene rings is 2. The Morgan fingerprint density at radius 3 is 2.66 bits per heavy atom. The van der Waals surface area contributed by atoms with E-state index >= 15 is 0 Å². The lowest BCUT2D eigenvalue weighted by molar-refractivity contribution is 0.0170. The highest BCUT2D eigenvalue weighted by Crippen LogP contribution is 2.22. The summed E-state index contributed by atoms with van der Waals surface area (Å²) >= 11 is 0. The summed E-state index contributed by atoms with van der Waals surface area (Å²) in [6, 6.07) is 17.1. The molecule has 1 fully saturated rings. The number of rotatable bonds is 7. The molecule has 1 aliphatic heterocycles. The van der Waals surface area contributed by atoms with E-state index in [2.05, 4.69) is 57.8 Å². The summed E-state index contributed by atoms with van der Waals surface area (Å²) in [4.78, 5) is 6.88. The summed E-state index contributed by atoms with van der Waals surface area (Å²) in [5.74, 6) is 1.65. The van der Waals surface area contributed by atoms with Gasteiger partial charge in [0.1, 0.15) is 5.75 Å². The monoisotopic (exact) mass is 396 g/mol. The average Bonchev–Trinajstić information content (AvgIpc) is 2.77. The molecule has 6 nitrogen and oxygen atoms in total. The molecule has 0 aromatic heterocycles. The topological polar surface area (TPSA) is 58.1 Å². The van der Waals surface area contributed by atoms with Gasteiger partial charge in [0.15, 0.2) is 5.96 Å². The van der Waals surface area contributed by atoms with Crippen LogP contribution in [0, 0.1) is 6.92 Å². The van der Waals surface area contributed by atoms with E-state index in [1.54, 1.807) is 14.2 Å². The first-order chi connectivity index (χ1) is 14.2. The Morgan fingerprint density at radius 1 is 1.14 bits per heavy atom. The fourth-order valence-electron chi connectivity index (χ4n) is 3.61. The van der Waals surface area contributed by atoms with E-state index in [9.17, 15) is 0 Å². The molecule has 156 valence electrons. The van der Waals surface area contributed by atoms with Crippen LogP contribution in [0.1, 0.15) is 22.7 Å². The quantitative estimate of drug-likeness (QED) is 0.557. The van der Waals surface area contributed by atoms with Crippen LogP contribution < -0.4 is 15.4 Å². The van der Waals surface area contributed by atoms with Crippen LogP contribution in [-0.2, 0) is 11.3 Å². The van der Waals surface area contributed by atoms with Crippen molar-refractivity contribution in [3.05, 3.63) is 65.2 Å². The van der Waals surface area contributed by atoms with Crippen molar-refractivity contribution in [2.45, 2.75) is 19.5 Å². The van der Waals surface area contributed by atoms with Crippen molar-refractivity contribution < 1.29 is 9.47 Å².